The topological polar surface area (TPSA) is 88.5 Å². The van der Waals surface area contributed by atoms with Gasteiger partial charge in [-0.05, 0) is 31.3 Å². The Labute approximate surface area is 153 Å². The summed E-state index contributed by atoms with van der Waals surface area (Å²) in [6, 6.07) is 0. The number of hydrogen-bond acceptors (Lipinski definition) is 6. The van der Waals surface area contributed by atoms with Gasteiger partial charge in [0.25, 0.3) is 0 Å². The van der Waals surface area contributed by atoms with Gasteiger partial charge in [0.1, 0.15) is 23.9 Å². The number of aliphatic hydroxyl groups excluding tert-OH is 1. The Bertz CT molecular complexity index is 684. The van der Waals surface area contributed by atoms with Crippen molar-refractivity contribution in [2.24, 2.45) is 11.8 Å². The summed E-state index contributed by atoms with van der Waals surface area (Å²) in [5.74, 6) is -0.385. The number of ether oxygens (including phenoxy) is 3. The first-order chi connectivity index (χ1) is 12.2. The van der Waals surface area contributed by atoms with E-state index in [1.165, 1.54) is 0 Å². The number of carbonyl (C=O) groups is 1. The van der Waals surface area contributed by atoms with E-state index in [-0.39, 0.29) is 30.5 Å². The molecule has 144 valence electrons. The van der Waals surface area contributed by atoms with Crippen molar-refractivity contribution in [1.29, 1.82) is 0 Å². The van der Waals surface area contributed by atoms with Crippen LogP contribution in [-0.2, 0) is 19.0 Å². The SMILES string of the molecule is C=CCC1=C(C2COC3(C)C(O)C(O)(C(C)C)CC4OC43C2)COC1=O. The molecule has 1 saturated carbocycles. The summed E-state index contributed by atoms with van der Waals surface area (Å²) < 4.78 is 17.5. The van der Waals surface area contributed by atoms with Crippen molar-refractivity contribution < 1.29 is 29.2 Å². The Morgan fingerprint density at radius 2 is 2.12 bits per heavy atom. The van der Waals surface area contributed by atoms with Crippen molar-refractivity contribution in [2.75, 3.05) is 13.2 Å². The number of epoxide rings is 1. The molecule has 0 amide bonds. The summed E-state index contributed by atoms with van der Waals surface area (Å²) in [7, 11) is 0. The van der Waals surface area contributed by atoms with Crippen molar-refractivity contribution in [1.82, 2.24) is 0 Å². The summed E-state index contributed by atoms with van der Waals surface area (Å²) in [4.78, 5) is 12.0. The van der Waals surface area contributed by atoms with E-state index in [1.807, 2.05) is 20.8 Å². The quantitative estimate of drug-likeness (QED) is 0.446. The molecule has 26 heavy (non-hydrogen) atoms. The van der Waals surface area contributed by atoms with Gasteiger partial charge in [0.15, 0.2) is 0 Å². The summed E-state index contributed by atoms with van der Waals surface area (Å²) in [5, 5.41) is 22.1. The van der Waals surface area contributed by atoms with E-state index in [2.05, 4.69) is 6.58 Å². The number of cyclic esters (lactones) is 1. The molecule has 2 saturated heterocycles. The van der Waals surface area contributed by atoms with Crippen LogP contribution in [0.3, 0.4) is 0 Å². The van der Waals surface area contributed by atoms with E-state index in [0.29, 0.717) is 31.4 Å². The summed E-state index contributed by atoms with van der Waals surface area (Å²) in [5.41, 5.74) is -1.19. The number of esters is 1. The van der Waals surface area contributed by atoms with Gasteiger partial charge in [-0.25, -0.2) is 4.79 Å². The molecule has 1 aliphatic carbocycles. The zero-order valence-electron chi connectivity index (χ0n) is 15.7. The van der Waals surface area contributed by atoms with Gasteiger partial charge in [0.2, 0.25) is 0 Å². The number of carbonyl (C=O) groups excluding carboxylic acids is 1. The zero-order valence-corrected chi connectivity index (χ0v) is 15.7. The van der Waals surface area contributed by atoms with Crippen LogP contribution in [0.1, 0.15) is 40.0 Å². The molecule has 0 aromatic carbocycles. The van der Waals surface area contributed by atoms with Crippen LogP contribution >= 0.6 is 0 Å². The van der Waals surface area contributed by atoms with Crippen LogP contribution in [0.2, 0.25) is 0 Å². The molecule has 0 aromatic heterocycles. The van der Waals surface area contributed by atoms with Crippen LogP contribution in [-0.4, -0.2) is 58.4 Å². The van der Waals surface area contributed by atoms with Crippen LogP contribution in [0.4, 0.5) is 0 Å². The highest BCUT2D eigenvalue weighted by molar-refractivity contribution is 5.92. The maximum Gasteiger partial charge on any atom is 0.334 e. The smallest absolute Gasteiger partial charge is 0.334 e. The minimum atomic E-state index is -1.23. The third-order valence-corrected chi connectivity index (χ3v) is 7.13. The zero-order chi connectivity index (χ0) is 18.9. The third-order valence-electron chi connectivity index (χ3n) is 7.13. The summed E-state index contributed by atoms with van der Waals surface area (Å²) in [6.07, 6.45) is 2.06. The third kappa shape index (κ3) is 2.16. The Balaban J connectivity index is 1.64. The second kappa shape index (κ2) is 5.64. The Morgan fingerprint density at radius 3 is 2.77 bits per heavy atom. The van der Waals surface area contributed by atoms with Gasteiger partial charge in [-0.2, -0.15) is 0 Å². The Kier molecular flexibility index (Phi) is 3.94. The van der Waals surface area contributed by atoms with E-state index in [1.54, 1.807) is 6.08 Å². The molecule has 6 heteroatoms. The van der Waals surface area contributed by atoms with Gasteiger partial charge in [0, 0.05) is 17.9 Å². The molecule has 1 spiro atoms. The maximum atomic E-state index is 12.0. The highest BCUT2D eigenvalue weighted by Gasteiger charge is 2.79. The Hall–Kier alpha value is -1.21. The molecule has 4 rings (SSSR count). The van der Waals surface area contributed by atoms with Gasteiger partial charge in [-0.15, -0.1) is 6.58 Å². The van der Waals surface area contributed by atoms with Gasteiger partial charge < -0.3 is 24.4 Å². The number of hydrogen-bond donors (Lipinski definition) is 2. The van der Waals surface area contributed by atoms with E-state index in [4.69, 9.17) is 14.2 Å². The molecule has 3 heterocycles. The lowest BCUT2D eigenvalue weighted by Crippen LogP contribution is -2.71. The van der Waals surface area contributed by atoms with Crippen LogP contribution < -0.4 is 0 Å². The largest absolute Gasteiger partial charge is 0.458 e. The predicted octanol–water partition coefficient (Wildman–Crippen LogP) is 1.50. The molecule has 0 radical (unpaired) electrons. The van der Waals surface area contributed by atoms with E-state index < -0.39 is 22.9 Å². The van der Waals surface area contributed by atoms with E-state index in [0.717, 1.165) is 5.57 Å². The van der Waals surface area contributed by atoms with Crippen molar-refractivity contribution in [3.05, 3.63) is 23.8 Å². The predicted molar refractivity (Wildman–Crippen MR) is 93.3 cm³/mol. The van der Waals surface area contributed by atoms with Crippen molar-refractivity contribution in [2.45, 2.75) is 69.0 Å². The lowest BCUT2D eigenvalue weighted by atomic mass is 9.60. The molecule has 3 fully saturated rings. The average Bonchev–Trinajstić information content (AvgIpc) is 3.16. The van der Waals surface area contributed by atoms with Crippen LogP contribution in [0.5, 0.6) is 0 Å². The highest BCUT2D eigenvalue weighted by Crippen LogP contribution is 2.64. The summed E-state index contributed by atoms with van der Waals surface area (Å²) >= 11 is 0. The molecule has 6 atom stereocenters. The molecular formula is C20H28O6. The number of allylic oxidation sites excluding steroid dienone is 1. The van der Waals surface area contributed by atoms with Gasteiger partial charge in [0.05, 0.1) is 18.3 Å². The van der Waals surface area contributed by atoms with Gasteiger partial charge in [-0.3, -0.25) is 0 Å². The van der Waals surface area contributed by atoms with Crippen molar-refractivity contribution in [3.8, 4) is 0 Å². The molecular weight excluding hydrogens is 336 g/mol. The second-order valence-corrected chi connectivity index (χ2v) is 8.64. The van der Waals surface area contributed by atoms with Gasteiger partial charge in [-0.1, -0.05) is 19.9 Å². The molecule has 3 aliphatic heterocycles. The average molecular weight is 364 g/mol. The first-order valence-corrected chi connectivity index (χ1v) is 9.41. The number of aliphatic hydroxyl groups is 2. The van der Waals surface area contributed by atoms with Crippen LogP contribution in [0.15, 0.2) is 23.8 Å². The van der Waals surface area contributed by atoms with Crippen LogP contribution in [0, 0.1) is 11.8 Å². The van der Waals surface area contributed by atoms with Crippen molar-refractivity contribution in [3.63, 3.8) is 0 Å². The maximum absolute atomic E-state index is 12.0. The van der Waals surface area contributed by atoms with Gasteiger partial charge >= 0.3 is 5.97 Å². The standard InChI is InChI=1S/C20H28O6/c1-5-6-13-14(10-24-16(13)21)12-7-20-15(26-20)8-19(23,11(2)3)17(22)18(20,4)25-9-12/h5,11-12,15,17,22-23H,1,6-10H2,2-4H3. The van der Waals surface area contributed by atoms with Crippen LogP contribution in [0.25, 0.3) is 0 Å². The normalized spacial score (nSPS) is 47.5. The molecule has 0 aromatic rings. The fourth-order valence-corrected chi connectivity index (χ4v) is 5.21. The molecule has 4 aliphatic rings. The first kappa shape index (κ1) is 18.2. The van der Waals surface area contributed by atoms with E-state index in [9.17, 15) is 15.0 Å². The van der Waals surface area contributed by atoms with E-state index >= 15 is 0 Å². The fraction of sp³-hybridized carbons (Fsp3) is 0.750. The lowest BCUT2D eigenvalue weighted by molar-refractivity contribution is -0.254. The molecule has 2 N–H and O–H groups in total. The fourth-order valence-electron chi connectivity index (χ4n) is 5.21. The lowest BCUT2D eigenvalue weighted by Gasteiger charge is -2.54. The minimum absolute atomic E-state index is 0.00641. The highest BCUT2D eigenvalue weighted by atomic mass is 16.7. The Morgan fingerprint density at radius 1 is 1.38 bits per heavy atom. The molecule has 6 nitrogen and oxygen atoms in total. The second-order valence-electron chi connectivity index (χ2n) is 8.64. The number of rotatable bonds is 4. The molecule has 6 unspecified atom stereocenters. The first-order valence-electron chi connectivity index (χ1n) is 9.41. The summed E-state index contributed by atoms with van der Waals surface area (Å²) in [6.45, 7) is 10.0. The van der Waals surface area contributed by atoms with Crippen molar-refractivity contribution >= 4 is 5.97 Å². The monoisotopic (exact) mass is 364 g/mol. The minimum Gasteiger partial charge on any atom is -0.458 e. The molecule has 0 bridgehead atoms.